The van der Waals surface area contributed by atoms with Crippen LogP contribution in [0.2, 0.25) is 0 Å². The molecule has 2 N–H and O–H groups in total. The van der Waals surface area contributed by atoms with E-state index in [9.17, 15) is 4.79 Å². The zero-order valence-electron chi connectivity index (χ0n) is 9.22. The lowest BCUT2D eigenvalue weighted by molar-refractivity contribution is -0.143. The summed E-state index contributed by atoms with van der Waals surface area (Å²) in [5.41, 5.74) is 1.19. The summed E-state index contributed by atoms with van der Waals surface area (Å²) < 4.78 is 4.80. The van der Waals surface area contributed by atoms with Gasteiger partial charge in [-0.25, -0.2) is 0 Å². The van der Waals surface area contributed by atoms with Crippen molar-refractivity contribution in [3.05, 3.63) is 29.8 Å². The van der Waals surface area contributed by atoms with Gasteiger partial charge in [-0.2, -0.15) is 0 Å². The normalized spacial score (nSPS) is 9.94. The maximum Gasteiger partial charge on any atom is 0.488 e. The van der Waals surface area contributed by atoms with Gasteiger partial charge in [-0.05, 0) is 24.4 Å². The number of carbonyl (C=O) groups is 1. The molecule has 0 spiro atoms. The van der Waals surface area contributed by atoms with E-state index in [1.807, 2.05) is 0 Å². The van der Waals surface area contributed by atoms with Crippen molar-refractivity contribution in [1.29, 1.82) is 0 Å². The van der Waals surface area contributed by atoms with E-state index >= 15 is 0 Å². The molecule has 0 atom stereocenters. The van der Waals surface area contributed by atoms with Gasteiger partial charge in [-0.3, -0.25) is 4.79 Å². The standard InChI is InChI=1S/C11H15BO4/c1-2-16-11(13)8-7-9-5-3-4-6-10(9)12(14)15/h3-6,14-15H,2,7-8H2,1H3. The van der Waals surface area contributed by atoms with Crippen LogP contribution in [0.1, 0.15) is 18.9 Å². The molecule has 1 aromatic rings. The first-order valence-electron chi connectivity index (χ1n) is 5.24. The van der Waals surface area contributed by atoms with E-state index < -0.39 is 7.12 Å². The zero-order valence-corrected chi connectivity index (χ0v) is 9.22. The van der Waals surface area contributed by atoms with E-state index in [4.69, 9.17) is 14.8 Å². The third-order valence-corrected chi connectivity index (χ3v) is 2.24. The average Bonchev–Trinajstić information content (AvgIpc) is 2.27. The Morgan fingerprint density at radius 1 is 1.38 bits per heavy atom. The lowest BCUT2D eigenvalue weighted by atomic mass is 9.76. The quantitative estimate of drug-likeness (QED) is 0.537. The Morgan fingerprint density at radius 3 is 2.69 bits per heavy atom. The minimum Gasteiger partial charge on any atom is -0.466 e. The van der Waals surface area contributed by atoms with E-state index in [1.165, 1.54) is 0 Å². The van der Waals surface area contributed by atoms with Crippen molar-refractivity contribution < 1.29 is 19.6 Å². The molecule has 0 aliphatic heterocycles. The van der Waals surface area contributed by atoms with Crippen LogP contribution >= 0.6 is 0 Å². The third kappa shape index (κ3) is 3.68. The Hall–Kier alpha value is -1.33. The monoisotopic (exact) mass is 222 g/mol. The van der Waals surface area contributed by atoms with E-state index in [2.05, 4.69) is 0 Å². The molecular formula is C11H15BO4. The first-order chi connectivity index (χ1) is 7.65. The summed E-state index contributed by atoms with van der Waals surface area (Å²) in [5, 5.41) is 18.2. The Balaban J connectivity index is 2.63. The minimum absolute atomic E-state index is 0.248. The van der Waals surface area contributed by atoms with Crippen molar-refractivity contribution in [1.82, 2.24) is 0 Å². The predicted octanol–water partition coefficient (Wildman–Crippen LogP) is -0.138. The number of carbonyl (C=O) groups excluding carboxylic acids is 1. The number of ether oxygens (including phenoxy) is 1. The molecule has 0 bridgehead atoms. The summed E-state index contributed by atoms with van der Waals surface area (Å²) in [6.07, 6.45) is 0.699. The molecule has 0 aliphatic rings. The topological polar surface area (TPSA) is 66.8 Å². The molecule has 0 saturated carbocycles. The summed E-state index contributed by atoms with van der Waals surface area (Å²) in [6.45, 7) is 2.12. The molecule has 0 aromatic heterocycles. The summed E-state index contributed by atoms with van der Waals surface area (Å²) in [5.74, 6) is -0.273. The van der Waals surface area contributed by atoms with Crippen LogP contribution < -0.4 is 5.46 Å². The Kier molecular flexibility index (Phi) is 5.02. The molecule has 0 heterocycles. The Morgan fingerprint density at radius 2 is 2.06 bits per heavy atom. The second-order valence-corrected chi connectivity index (χ2v) is 3.38. The van der Waals surface area contributed by atoms with Crippen molar-refractivity contribution in [3.63, 3.8) is 0 Å². The van der Waals surface area contributed by atoms with E-state index in [0.717, 1.165) is 5.56 Å². The van der Waals surface area contributed by atoms with Gasteiger partial charge in [-0.1, -0.05) is 24.3 Å². The highest BCUT2D eigenvalue weighted by atomic mass is 16.5. The lowest BCUT2D eigenvalue weighted by Crippen LogP contribution is -2.33. The fraction of sp³-hybridized carbons (Fsp3) is 0.364. The van der Waals surface area contributed by atoms with E-state index in [-0.39, 0.29) is 12.4 Å². The van der Waals surface area contributed by atoms with Gasteiger partial charge in [-0.15, -0.1) is 0 Å². The molecule has 86 valence electrons. The molecule has 0 amide bonds. The molecule has 0 fully saturated rings. The van der Waals surface area contributed by atoms with Crippen LogP contribution in [0.25, 0.3) is 0 Å². The SMILES string of the molecule is CCOC(=O)CCc1ccccc1B(O)O. The predicted molar refractivity (Wildman–Crippen MR) is 61.2 cm³/mol. The van der Waals surface area contributed by atoms with E-state index in [1.54, 1.807) is 31.2 Å². The lowest BCUT2D eigenvalue weighted by Gasteiger charge is -2.07. The molecule has 0 saturated heterocycles. The van der Waals surface area contributed by atoms with Crippen LogP contribution in [0.3, 0.4) is 0 Å². The van der Waals surface area contributed by atoms with Gasteiger partial charge in [0.25, 0.3) is 0 Å². The summed E-state index contributed by atoms with van der Waals surface area (Å²) in [6, 6.07) is 6.92. The van der Waals surface area contributed by atoms with Crippen molar-refractivity contribution in [3.8, 4) is 0 Å². The highest BCUT2D eigenvalue weighted by Gasteiger charge is 2.15. The van der Waals surface area contributed by atoms with E-state index in [0.29, 0.717) is 18.5 Å². The van der Waals surface area contributed by atoms with Gasteiger partial charge in [0.1, 0.15) is 0 Å². The zero-order chi connectivity index (χ0) is 12.0. The van der Waals surface area contributed by atoms with Crippen LogP contribution in [-0.2, 0) is 16.0 Å². The molecule has 1 rings (SSSR count). The number of benzene rings is 1. The van der Waals surface area contributed by atoms with Crippen LogP contribution in [0, 0.1) is 0 Å². The number of rotatable bonds is 5. The van der Waals surface area contributed by atoms with Crippen molar-refractivity contribution in [2.45, 2.75) is 19.8 Å². The molecule has 0 unspecified atom stereocenters. The Labute approximate surface area is 95.0 Å². The second kappa shape index (κ2) is 6.30. The first-order valence-corrected chi connectivity index (χ1v) is 5.24. The average molecular weight is 222 g/mol. The van der Waals surface area contributed by atoms with Crippen molar-refractivity contribution in [2.75, 3.05) is 6.61 Å². The molecule has 0 radical (unpaired) electrons. The smallest absolute Gasteiger partial charge is 0.466 e. The van der Waals surface area contributed by atoms with Gasteiger partial charge in [0.05, 0.1) is 6.61 Å². The maximum absolute atomic E-state index is 11.2. The van der Waals surface area contributed by atoms with Crippen LogP contribution in [0.5, 0.6) is 0 Å². The fourth-order valence-electron chi connectivity index (χ4n) is 1.48. The Bertz CT molecular complexity index is 352. The minimum atomic E-state index is -1.50. The fourth-order valence-corrected chi connectivity index (χ4v) is 1.48. The molecule has 1 aromatic carbocycles. The number of esters is 1. The molecular weight excluding hydrogens is 207 g/mol. The number of aryl methyl sites for hydroxylation is 1. The molecule has 5 heteroatoms. The number of hydrogen-bond donors (Lipinski definition) is 2. The number of hydrogen-bond acceptors (Lipinski definition) is 4. The van der Waals surface area contributed by atoms with Gasteiger partial charge >= 0.3 is 13.1 Å². The third-order valence-electron chi connectivity index (χ3n) is 2.24. The molecule has 4 nitrogen and oxygen atoms in total. The summed E-state index contributed by atoms with van der Waals surface area (Å²) in [7, 11) is -1.50. The van der Waals surface area contributed by atoms with Crippen LogP contribution in [-0.4, -0.2) is 29.7 Å². The largest absolute Gasteiger partial charge is 0.488 e. The van der Waals surface area contributed by atoms with Crippen LogP contribution in [0.15, 0.2) is 24.3 Å². The maximum atomic E-state index is 11.2. The van der Waals surface area contributed by atoms with Gasteiger partial charge in [0, 0.05) is 6.42 Å². The van der Waals surface area contributed by atoms with Gasteiger partial charge < -0.3 is 14.8 Å². The van der Waals surface area contributed by atoms with Crippen LogP contribution in [0.4, 0.5) is 0 Å². The van der Waals surface area contributed by atoms with Crippen molar-refractivity contribution >= 4 is 18.6 Å². The summed E-state index contributed by atoms with van der Waals surface area (Å²) in [4.78, 5) is 11.2. The highest BCUT2D eigenvalue weighted by molar-refractivity contribution is 6.59. The summed E-state index contributed by atoms with van der Waals surface area (Å²) >= 11 is 0. The molecule has 16 heavy (non-hydrogen) atoms. The first kappa shape index (κ1) is 12.7. The second-order valence-electron chi connectivity index (χ2n) is 3.38. The highest BCUT2D eigenvalue weighted by Crippen LogP contribution is 2.02. The van der Waals surface area contributed by atoms with Gasteiger partial charge in [0.15, 0.2) is 0 Å². The molecule has 0 aliphatic carbocycles. The van der Waals surface area contributed by atoms with Gasteiger partial charge in [0.2, 0.25) is 0 Å². The van der Waals surface area contributed by atoms with Crippen molar-refractivity contribution in [2.24, 2.45) is 0 Å².